The van der Waals surface area contributed by atoms with E-state index in [0.29, 0.717) is 12.3 Å². The Bertz CT molecular complexity index is 539. The average molecular weight is 348 g/mol. The molecule has 5 heteroatoms. The third-order valence-corrected chi connectivity index (χ3v) is 4.62. The van der Waals surface area contributed by atoms with E-state index in [1.54, 1.807) is 20.1 Å². The Morgan fingerprint density at radius 2 is 1.96 bits per heavy atom. The van der Waals surface area contributed by atoms with Crippen molar-refractivity contribution in [3.05, 3.63) is 24.3 Å². The second-order valence-corrected chi connectivity index (χ2v) is 7.29. The van der Waals surface area contributed by atoms with Crippen LogP contribution in [0.15, 0.2) is 24.3 Å². The fourth-order valence-corrected chi connectivity index (χ4v) is 3.56. The van der Waals surface area contributed by atoms with E-state index < -0.39 is 6.10 Å². The zero-order chi connectivity index (χ0) is 18.2. The summed E-state index contributed by atoms with van der Waals surface area (Å²) in [5.41, 5.74) is 0. The summed E-state index contributed by atoms with van der Waals surface area (Å²) >= 11 is 0. The molecule has 1 aromatic rings. The maximum Gasteiger partial charge on any atom is 0.260 e. The van der Waals surface area contributed by atoms with Crippen molar-refractivity contribution in [2.24, 2.45) is 11.8 Å². The van der Waals surface area contributed by atoms with Crippen molar-refractivity contribution in [1.82, 2.24) is 10.2 Å². The molecule has 0 aliphatic carbocycles. The van der Waals surface area contributed by atoms with Gasteiger partial charge in [-0.25, -0.2) is 0 Å². The molecule has 0 aromatic heterocycles. The minimum atomic E-state index is -0.526. The Balaban J connectivity index is 1.67. The van der Waals surface area contributed by atoms with Crippen LogP contribution >= 0.6 is 0 Å². The van der Waals surface area contributed by atoms with Gasteiger partial charge in [-0.2, -0.15) is 0 Å². The van der Waals surface area contributed by atoms with Crippen molar-refractivity contribution in [2.75, 3.05) is 33.3 Å². The van der Waals surface area contributed by atoms with Gasteiger partial charge in [-0.1, -0.05) is 19.9 Å². The normalized spacial score (nSPS) is 22.2. The second kappa shape index (κ2) is 9.66. The van der Waals surface area contributed by atoms with Gasteiger partial charge in [0.15, 0.2) is 6.10 Å². The van der Waals surface area contributed by atoms with E-state index >= 15 is 0 Å². The van der Waals surface area contributed by atoms with Crippen molar-refractivity contribution in [1.29, 1.82) is 0 Å². The number of hydrogen-bond acceptors (Lipinski definition) is 4. The van der Waals surface area contributed by atoms with E-state index in [0.717, 1.165) is 30.6 Å². The number of piperidine rings is 1. The number of amides is 1. The van der Waals surface area contributed by atoms with Crippen molar-refractivity contribution < 1.29 is 14.3 Å². The van der Waals surface area contributed by atoms with Crippen LogP contribution in [0.25, 0.3) is 0 Å². The van der Waals surface area contributed by atoms with E-state index in [1.807, 2.05) is 18.2 Å². The highest BCUT2D eigenvalue weighted by atomic mass is 16.5. The summed E-state index contributed by atoms with van der Waals surface area (Å²) < 4.78 is 10.9. The first-order valence-electron chi connectivity index (χ1n) is 9.28. The van der Waals surface area contributed by atoms with E-state index in [2.05, 4.69) is 24.1 Å². The van der Waals surface area contributed by atoms with Gasteiger partial charge >= 0.3 is 0 Å². The summed E-state index contributed by atoms with van der Waals surface area (Å²) in [7, 11) is 1.61. The first-order valence-corrected chi connectivity index (χ1v) is 9.28. The molecule has 1 heterocycles. The average Bonchev–Trinajstić information content (AvgIpc) is 2.57. The zero-order valence-electron chi connectivity index (χ0n) is 16.0. The number of carbonyl (C=O) groups is 1. The largest absolute Gasteiger partial charge is 0.497 e. The topological polar surface area (TPSA) is 50.8 Å². The first-order chi connectivity index (χ1) is 12.0. The SMILES string of the molecule is COc1cccc(O[C@@H](C)C(=O)NCCCN2C[C@H](C)C[C@H](C)C2)c1. The molecule has 1 amide bonds. The van der Waals surface area contributed by atoms with Gasteiger partial charge in [-0.15, -0.1) is 0 Å². The van der Waals surface area contributed by atoms with Gasteiger partial charge in [0.05, 0.1) is 7.11 Å². The fourth-order valence-electron chi connectivity index (χ4n) is 3.56. The molecular formula is C20H32N2O3. The highest BCUT2D eigenvalue weighted by Gasteiger charge is 2.21. The molecule has 0 unspecified atom stereocenters. The molecular weight excluding hydrogens is 316 g/mol. The molecule has 25 heavy (non-hydrogen) atoms. The Morgan fingerprint density at radius 3 is 2.64 bits per heavy atom. The highest BCUT2D eigenvalue weighted by Crippen LogP contribution is 2.21. The smallest absolute Gasteiger partial charge is 0.260 e. The molecule has 0 radical (unpaired) electrons. The molecule has 1 aromatic carbocycles. The molecule has 140 valence electrons. The van der Waals surface area contributed by atoms with Gasteiger partial charge < -0.3 is 19.7 Å². The number of benzene rings is 1. The summed E-state index contributed by atoms with van der Waals surface area (Å²) in [6, 6.07) is 7.30. The van der Waals surface area contributed by atoms with Crippen molar-refractivity contribution in [2.45, 2.75) is 39.7 Å². The van der Waals surface area contributed by atoms with Crippen LogP contribution in [0.3, 0.4) is 0 Å². The quantitative estimate of drug-likeness (QED) is 0.734. The summed E-state index contributed by atoms with van der Waals surface area (Å²) in [5.74, 6) is 2.82. The molecule has 1 aliphatic heterocycles. The van der Waals surface area contributed by atoms with Crippen LogP contribution in [0.2, 0.25) is 0 Å². The lowest BCUT2D eigenvalue weighted by Crippen LogP contribution is -2.41. The van der Waals surface area contributed by atoms with Crippen LogP contribution in [-0.4, -0.2) is 50.2 Å². The number of likely N-dealkylation sites (tertiary alicyclic amines) is 1. The van der Waals surface area contributed by atoms with Crippen LogP contribution in [-0.2, 0) is 4.79 Å². The van der Waals surface area contributed by atoms with Gasteiger partial charge in [0.2, 0.25) is 0 Å². The van der Waals surface area contributed by atoms with Crippen LogP contribution in [0.5, 0.6) is 11.5 Å². The van der Waals surface area contributed by atoms with Crippen LogP contribution in [0.1, 0.15) is 33.6 Å². The maximum atomic E-state index is 12.2. The molecule has 0 spiro atoms. The van der Waals surface area contributed by atoms with Gasteiger partial charge in [0.25, 0.3) is 5.91 Å². The summed E-state index contributed by atoms with van der Waals surface area (Å²) in [5, 5.41) is 2.97. The van der Waals surface area contributed by atoms with Gasteiger partial charge in [-0.3, -0.25) is 4.79 Å². The Labute approximate surface area is 151 Å². The Kier molecular flexibility index (Phi) is 7.56. The summed E-state index contributed by atoms with van der Waals surface area (Å²) in [6.07, 6.45) is 1.77. The lowest BCUT2D eigenvalue weighted by Gasteiger charge is -2.34. The number of nitrogens with zero attached hydrogens (tertiary/aromatic N) is 1. The van der Waals surface area contributed by atoms with Gasteiger partial charge in [0, 0.05) is 25.7 Å². The minimum Gasteiger partial charge on any atom is -0.497 e. The van der Waals surface area contributed by atoms with Crippen molar-refractivity contribution in [3.8, 4) is 11.5 Å². The molecule has 2 rings (SSSR count). The molecule has 1 aliphatic rings. The van der Waals surface area contributed by atoms with Crippen molar-refractivity contribution in [3.63, 3.8) is 0 Å². The standard InChI is InChI=1S/C20H32N2O3/c1-15-11-16(2)14-22(13-15)10-6-9-21-20(23)17(3)25-19-8-5-7-18(12-19)24-4/h5,7-8,12,15-17H,6,9-11,13-14H2,1-4H3,(H,21,23)/t15-,16+,17-/m0/s1. The second-order valence-electron chi connectivity index (χ2n) is 7.29. The van der Waals surface area contributed by atoms with Crippen molar-refractivity contribution >= 4 is 5.91 Å². The lowest BCUT2D eigenvalue weighted by atomic mass is 9.92. The van der Waals surface area contributed by atoms with Gasteiger partial charge in [-0.05, 0) is 50.3 Å². The Morgan fingerprint density at radius 1 is 1.28 bits per heavy atom. The predicted molar refractivity (Wildman–Crippen MR) is 100 cm³/mol. The van der Waals surface area contributed by atoms with Crippen LogP contribution in [0.4, 0.5) is 0 Å². The molecule has 0 bridgehead atoms. The lowest BCUT2D eigenvalue weighted by molar-refractivity contribution is -0.127. The number of hydrogen-bond donors (Lipinski definition) is 1. The van der Waals surface area contributed by atoms with Crippen LogP contribution < -0.4 is 14.8 Å². The predicted octanol–water partition coefficient (Wildman–Crippen LogP) is 2.95. The summed E-state index contributed by atoms with van der Waals surface area (Å²) in [4.78, 5) is 14.7. The van der Waals surface area contributed by atoms with E-state index in [9.17, 15) is 4.79 Å². The zero-order valence-corrected chi connectivity index (χ0v) is 16.0. The van der Waals surface area contributed by atoms with E-state index in [1.165, 1.54) is 19.5 Å². The number of nitrogens with one attached hydrogen (secondary N) is 1. The summed E-state index contributed by atoms with van der Waals surface area (Å²) in [6.45, 7) is 10.5. The maximum absolute atomic E-state index is 12.2. The molecule has 1 N–H and O–H groups in total. The number of rotatable bonds is 8. The molecule has 1 fully saturated rings. The number of ether oxygens (including phenoxy) is 2. The third kappa shape index (κ3) is 6.58. The van der Waals surface area contributed by atoms with E-state index in [4.69, 9.17) is 9.47 Å². The molecule has 3 atom stereocenters. The highest BCUT2D eigenvalue weighted by molar-refractivity contribution is 5.80. The third-order valence-electron chi connectivity index (χ3n) is 4.62. The molecule has 5 nitrogen and oxygen atoms in total. The Hall–Kier alpha value is -1.75. The fraction of sp³-hybridized carbons (Fsp3) is 0.650. The first kappa shape index (κ1) is 19.6. The number of methoxy groups -OCH3 is 1. The minimum absolute atomic E-state index is 0.0804. The van der Waals surface area contributed by atoms with Crippen LogP contribution in [0, 0.1) is 11.8 Å². The number of carbonyl (C=O) groups excluding carboxylic acids is 1. The molecule has 1 saturated heterocycles. The monoisotopic (exact) mass is 348 g/mol. The van der Waals surface area contributed by atoms with Gasteiger partial charge in [0.1, 0.15) is 11.5 Å². The van der Waals surface area contributed by atoms with E-state index in [-0.39, 0.29) is 5.91 Å². The molecule has 0 saturated carbocycles.